The second kappa shape index (κ2) is 8.09. The van der Waals surface area contributed by atoms with Gasteiger partial charge in [-0.05, 0) is 42.2 Å². The Morgan fingerprint density at radius 3 is 2.30 bits per heavy atom. The summed E-state index contributed by atoms with van der Waals surface area (Å²) in [6.45, 7) is 4.04. The normalized spacial score (nSPS) is 13.6. The molecule has 0 amide bonds. The van der Waals surface area contributed by atoms with E-state index in [2.05, 4.69) is 24.4 Å². The largest absolute Gasteiger partial charge is 0.494 e. The SMILES string of the molecule is CCc1ccc(C(CO)NC(C)c2ccc(OC)c(F)c2)cc1. The summed E-state index contributed by atoms with van der Waals surface area (Å²) in [5.74, 6) is -0.152. The van der Waals surface area contributed by atoms with Crippen molar-refractivity contribution in [1.82, 2.24) is 5.32 Å². The van der Waals surface area contributed by atoms with Crippen molar-refractivity contribution in [3.63, 3.8) is 0 Å². The highest BCUT2D eigenvalue weighted by Gasteiger charge is 2.16. The number of halogens is 1. The van der Waals surface area contributed by atoms with Crippen molar-refractivity contribution in [3.8, 4) is 5.75 Å². The van der Waals surface area contributed by atoms with Gasteiger partial charge in [0.25, 0.3) is 0 Å². The molecule has 0 aromatic heterocycles. The molecule has 3 nitrogen and oxygen atoms in total. The number of ether oxygens (including phenoxy) is 1. The van der Waals surface area contributed by atoms with Gasteiger partial charge in [-0.25, -0.2) is 4.39 Å². The Kier molecular flexibility index (Phi) is 6.13. The van der Waals surface area contributed by atoms with Crippen molar-refractivity contribution in [2.45, 2.75) is 32.4 Å². The molecule has 0 spiro atoms. The Labute approximate surface area is 137 Å². The summed E-state index contributed by atoms with van der Waals surface area (Å²) >= 11 is 0. The highest BCUT2D eigenvalue weighted by atomic mass is 19.1. The molecule has 2 aromatic carbocycles. The van der Waals surface area contributed by atoms with E-state index in [9.17, 15) is 9.50 Å². The monoisotopic (exact) mass is 317 g/mol. The van der Waals surface area contributed by atoms with Crippen LogP contribution in [0.5, 0.6) is 5.75 Å². The van der Waals surface area contributed by atoms with Crippen LogP contribution in [-0.4, -0.2) is 18.8 Å². The highest BCUT2D eigenvalue weighted by molar-refractivity contribution is 5.31. The zero-order valence-electron chi connectivity index (χ0n) is 13.8. The van der Waals surface area contributed by atoms with Gasteiger partial charge < -0.3 is 15.2 Å². The van der Waals surface area contributed by atoms with Gasteiger partial charge in [-0.2, -0.15) is 0 Å². The van der Waals surface area contributed by atoms with Crippen molar-refractivity contribution in [2.24, 2.45) is 0 Å². The fourth-order valence-electron chi connectivity index (χ4n) is 2.59. The van der Waals surface area contributed by atoms with Gasteiger partial charge >= 0.3 is 0 Å². The molecule has 0 saturated heterocycles. The molecule has 0 aliphatic heterocycles. The van der Waals surface area contributed by atoms with E-state index in [0.29, 0.717) is 0 Å². The van der Waals surface area contributed by atoms with Gasteiger partial charge in [0.1, 0.15) is 0 Å². The smallest absolute Gasteiger partial charge is 0.165 e. The number of methoxy groups -OCH3 is 1. The first-order valence-corrected chi connectivity index (χ1v) is 7.88. The number of benzene rings is 2. The summed E-state index contributed by atoms with van der Waals surface area (Å²) in [6, 6.07) is 12.8. The maximum Gasteiger partial charge on any atom is 0.165 e. The first-order valence-electron chi connectivity index (χ1n) is 7.88. The van der Waals surface area contributed by atoms with E-state index in [1.54, 1.807) is 6.07 Å². The molecule has 0 radical (unpaired) electrons. The first-order chi connectivity index (χ1) is 11.1. The molecule has 0 saturated carbocycles. The highest BCUT2D eigenvalue weighted by Crippen LogP contribution is 2.24. The number of nitrogens with one attached hydrogen (secondary N) is 1. The van der Waals surface area contributed by atoms with Crippen LogP contribution in [0, 0.1) is 5.82 Å². The number of rotatable bonds is 7. The van der Waals surface area contributed by atoms with Crippen molar-refractivity contribution in [3.05, 3.63) is 65.0 Å². The molecule has 2 rings (SSSR count). The average Bonchev–Trinajstić information content (AvgIpc) is 2.59. The number of hydrogen-bond acceptors (Lipinski definition) is 3. The van der Waals surface area contributed by atoms with Crippen molar-refractivity contribution in [2.75, 3.05) is 13.7 Å². The molecule has 2 unspecified atom stereocenters. The lowest BCUT2D eigenvalue weighted by Crippen LogP contribution is -2.27. The lowest BCUT2D eigenvalue weighted by Gasteiger charge is -2.23. The molecule has 0 heterocycles. The third-order valence-electron chi connectivity index (χ3n) is 4.10. The molecule has 0 aliphatic rings. The van der Waals surface area contributed by atoms with E-state index in [0.717, 1.165) is 17.5 Å². The van der Waals surface area contributed by atoms with Crippen LogP contribution in [-0.2, 0) is 6.42 Å². The predicted molar refractivity (Wildman–Crippen MR) is 90.1 cm³/mol. The van der Waals surface area contributed by atoms with Crippen LogP contribution in [0.2, 0.25) is 0 Å². The van der Waals surface area contributed by atoms with E-state index >= 15 is 0 Å². The maximum atomic E-state index is 13.8. The number of aryl methyl sites for hydroxylation is 1. The molecular weight excluding hydrogens is 293 g/mol. The van der Waals surface area contributed by atoms with Crippen molar-refractivity contribution in [1.29, 1.82) is 0 Å². The van der Waals surface area contributed by atoms with E-state index < -0.39 is 0 Å². The lowest BCUT2D eigenvalue weighted by molar-refractivity contribution is 0.235. The lowest BCUT2D eigenvalue weighted by atomic mass is 10.0. The average molecular weight is 317 g/mol. The Bertz CT molecular complexity index is 628. The minimum atomic E-state index is -0.383. The fourth-order valence-corrected chi connectivity index (χ4v) is 2.59. The van der Waals surface area contributed by atoms with Crippen molar-refractivity contribution >= 4 is 0 Å². The van der Waals surface area contributed by atoms with Crippen LogP contribution in [0.15, 0.2) is 42.5 Å². The van der Waals surface area contributed by atoms with Crippen LogP contribution < -0.4 is 10.1 Å². The summed E-state index contributed by atoms with van der Waals surface area (Å²) < 4.78 is 18.8. The number of aliphatic hydroxyl groups excluding tert-OH is 1. The van der Waals surface area contributed by atoms with Crippen molar-refractivity contribution < 1.29 is 14.2 Å². The summed E-state index contributed by atoms with van der Waals surface area (Å²) in [5.41, 5.74) is 3.09. The molecule has 2 aromatic rings. The van der Waals surface area contributed by atoms with Gasteiger partial charge in [-0.15, -0.1) is 0 Å². The topological polar surface area (TPSA) is 41.5 Å². The Hall–Kier alpha value is -1.91. The van der Waals surface area contributed by atoms with E-state index in [1.165, 1.54) is 18.7 Å². The molecule has 0 bridgehead atoms. The van der Waals surface area contributed by atoms with Gasteiger partial charge in [0.05, 0.1) is 19.8 Å². The van der Waals surface area contributed by atoms with E-state index in [-0.39, 0.29) is 30.3 Å². The second-order valence-corrected chi connectivity index (χ2v) is 5.61. The zero-order chi connectivity index (χ0) is 16.8. The Morgan fingerprint density at radius 1 is 1.13 bits per heavy atom. The maximum absolute atomic E-state index is 13.8. The summed E-state index contributed by atoms with van der Waals surface area (Å²) in [7, 11) is 1.45. The molecule has 124 valence electrons. The molecule has 0 aliphatic carbocycles. The third-order valence-corrected chi connectivity index (χ3v) is 4.10. The molecular formula is C19H24FNO2. The molecule has 2 atom stereocenters. The Morgan fingerprint density at radius 2 is 1.78 bits per heavy atom. The van der Waals surface area contributed by atoms with Gasteiger partial charge in [0.15, 0.2) is 11.6 Å². The quantitative estimate of drug-likeness (QED) is 0.816. The molecule has 2 N–H and O–H groups in total. The minimum Gasteiger partial charge on any atom is -0.494 e. The predicted octanol–water partition coefficient (Wildman–Crippen LogP) is 3.78. The zero-order valence-corrected chi connectivity index (χ0v) is 13.8. The van der Waals surface area contributed by atoms with E-state index in [4.69, 9.17) is 4.74 Å². The Balaban J connectivity index is 2.12. The van der Waals surface area contributed by atoms with Gasteiger partial charge in [0.2, 0.25) is 0 Å². The first kappa shape index (κ1) is 17.4. The fraction of sp³-hybridized carbons (Fsp3) is 0.368. The molecule has 0 fully saturated rings. The number of aliphatic hydroxyl groups is 1. The molecule has 4 heteroatoms. The van der Waals surface area contributed by atoms with Gasteiger partial charge in [-0.1, -0.05) is 37.3 Å². The summed E-state index contributed by atoms with van der Waals surface area (Å²) in [4.78, 5) is 0. The third kappa shape index (κ3) is 4.30. The summed E-state index contributed by atoms with van der Waals surface area (Å²) in [6.07, 6.45) is 0.985. The second-order valence-electron chi connectivity index (χ2n) is 5.61. The van der Waals surface area contributed by atoms with Gasteiger partial charge in [0, 0.05) is 6.04 Å². The van der Waals surface area contributed by atoms with Gasteiger partial charge in [-0.3, -0.25) is 0 Å². The number of hydrogen-bond donors (Lipinski definition) is 2. The van der Waals surface area contributed by atoms with E-state index in [1.807, 2.05) is 25.1 Å². The van der Waals surface area contributed by atoms with Crippen LogP contribution in [0.3, 0.4) is 0 Å². The molecule has 23 heavy (non-hydrogen) atoms. The minimum absolute atomic E-state index is 0.0194. The van der Waals surface area contributed by atoms with Crippen LogP contribution in [0.4, 0.5) is 4.39 Å². The van der Waals surface area contributed by atoms with Crippen LogP contribution in [0.25, 0.3) is 0 Å². The standard InChI is InChI=1S/C19H24FNO2/c1-4-14-5-7-15(8-6-14)18(12-22)21-13(2)16-9-10-19(23-3)17(20)11-16/h5-11,13,18,21-22H,4,12H2,1-3H3. The van der Waals surface area contributed by atoms with Crippen LogP contribution >= 0.6 is 0 Å². The van der Waals surface area contributed by atoms with Crippen LogP contribution in [0.1, 0.15) is 42.6 Å². The summed E-state index contributed by atoms with van der Waals surface area (Å²) in [5, 5.41) is 13.0.